The quantitative estimate of drug-likeness (QED) is 0.423. The fraction of sp³-hybridized carbons (Fsp3) is 0.125. The minimum atomic E-state index is -1.47. The zero-order valence-corrected chi connectivity index (χ0v) is 12.7. The van der Waals surface area contributed by atoms with E-state index in [1.165, 1.54) is 19.9 Å². The van der Waals surface area contributed by atoms with E-state index >= 15 is 0 Å². The lowest BCUT2D eigenvalue weighted by Gasteiger charge is -2.13. The fourth-order valence-corrected chi connectivity index (χ4v) is 2.29. The molecule has 0 aliphatic rings. The lowest BCUT2D eigenvalue weighted by molar-refractivity contribution is 0.0677. The van der Waals surface area contributed by atoms with E-state index in [4.69, 9.17) is 9.84 Å². The van der Waals surface area contributed by atoms with Crippen molar-refractivity contribution < 1.29 is 39.9 Å². The number of carbonyl (C=O) groups excluding carboxylic acids is 1. The smallest absolute Gasteiger partial charge is 0.347 e. The number of carboxylic acid groups (broad SMARTS) is 1. The number of ether oxygens (including phenoxy) is 1. The van der Waals surface area contributed by atoms with Gasteiger partial charge in [-0.3, -0.25) is 0 Å². The van der Waals surface area contributed by atoms with Crippen LogP contribution in [0.15, 0.2) is 18.2 Å². The molecule has 2 aromatic rings. The molecular weight excluding hydrogens is 320 g/mol. The molecule has 0 saturated heterocycles. The molecule has 2 aromatic carbocycles. The molecule has 0 aliphatic carbocycles. The Labute approximate surface area is 135 Å². The van der Waals surface area contributed by atoms with Crippen LogP contribution in [0.4, 0.5) is 0 Å². The number of carbonyl (C=O) groups is 2. The molecule has 5 N–H and O–H groups in total. The van der Waals surface area contributed by atoms with Crippen molar-refractivity contribution in [2.45, 2.75) is 13.8 Å². The van der Waals surface area contributed by atoms with Crippen LogP contribution in [0.5, 0.6) is 28.7 Å². The molecule has 8 heteroatoms. The van der Waals surface area contributed by atoms with Crippen LogP contribution in [-0.2, 0) is 0 Å². The highest BCUT2D eigenvalue weighted by molar-refractivity contribution is 5.98. The second kappa shape index (κ2) is 5.99. The van der Waals surface area contributed by atoms with Crippen molar-refractivity contribution >= 4 is 11.9 Å². The van der Waals surface area contributed by atoms with E-state index in [2.05, 4.69) is 0 Å². The lowest BCUT2D eigenvalue weighted by Crippen LogP contribution is -2.12. The summed E-state index contributed by atoms with van der Waals surface area (Å²) in [5.74, 6) is -5.74. The molecule has 126 valence electrons. The van der Waals surface area contributed by atoms with Gasteiger partial charge < -0.3 is 30.3 Å². The maximum absolute atomic E-state index is 12.2. The summed E-state index contributed by atoms with van der Waals surface area (Å²) in [7, 11) is 0. The van der Waals surface area contributed by atoms with Crippen molar-refractivity contribution in [3.05, 3.63) is 40.5 Å². The van der Waals surface area contributed by atoms with Crippen molar-refractivity contribution in [3.8, 4) is 28.7 Å². The van der Waals surface area contributed by atoms with Crippen LogP contribution in [0.1, 0.15) is 31.8 Å². The molecule has 8 nitrogen and oxygen atoms in total. The lowest BCUT2D eigenvalue weighted by atomic mass is 10.1. The Bertz CT molecular complexity index is 831. The van der Waals surface area contributed by atoms with Crippen molar-refractivity contribution in [3.63, 3.8) is 0 Å². The monoisotopic (exact) mass is 334 g/mol. The number of hydrogen-bond donors (Lipinski definition) is 5. The van der Waals surface area contributed by atoms with E-state index in [9.17, 15) is 30.0 Å². The number of phenolic OH excluding ortho intramolecular Hbond substituents is 3. The van der Waals surface area contributed by atoms with Gasteiger partial charge in [0, 0.05) is 6.07 Å². The summed E-state index contributed by atoms with van der Waals surface area (Å²) in [5.41, 5.74) is -0.575. The summed E-state index contributed by atoms with van der Waals surface area (Å²) in [5, 5.41) is 48.0. The Morgan fingerprint density at radius 1 is 0.875 bits per heavy atom. The number of carboxylic acids is 1. The van der Waals surface area contributed by atoms with E-state index in [0.717, 1.165) is 12.1 Å². The molecule has 0 aromatic heterocycles. The number of aromatic hydroxyl groups is 4. The number of benzene rings is 2. The van der Waals surface area contributed by atoms with Gasteiger partial charge in [0.25, 0.3) is 0 Å². The number of rotatable bonds is 3. The molecule has 0 saturated carbocycles. The molecule has 0 bridgehead atoms. The molecular formula is C16H14O8. The largest absolute Gasteiger partial charge is 0.508 e. The molecule has 0 fully saturated rings. The van der Waals surface area contributed by atoms with Crippen LogP contribution < -0.4 is 4.74 Å². The summed E-state index contributed by atoms with van der Waals surface area (Å²) < 4.78 is 4.87. The van der Waals surface area contributed by atoms with Crippen LogP contribution in [0.2, 0.25) is 0 Å². The van der Waals surface area contributed by atoms with Crippen molar-refractivity contribution in [1.29, 1.82) is 0 Å². The first-order chi connectivity index (χ1) is 11.1. The van der Waals surface area contributed by atoms with E-state index in [1.807, 2.05) is 0 Å². The van der Waals surface area contributed by atoms with E-state index in [-0.39, 0.29) is 22.4 Å². The Hall–Kier alpha value is -3.42. The van der Waals surface area contributed by atoms with Gasteiger partial charge in [-0.05, 0) is 37.1 Å². The fourth-order valence-electron chi connectivity index (χ4n) is 2.29. The first-order valence-corrected chi connectivity index (χ1v) is 6.67. The molecule has 0 radical (unpaired) electrons. The predicted octanol–water partition coefficient (Wildman–Crippen LogP) is 2.04. The Balaban J connectivity index is 2.51. The maximum Gasteiger partial charge on any atom is 0.347 e. The molecule has 24 heavy (non-hydrogen) atoms. The third-order valence-corrected chi connectivity index (χ3v) is 3.34. The van der Waals surface area contributed by atoms with Crippen molar-refractivity contribution in [2.75, 3.05) is 0 Å². The van der Waals surface area contributed by atoms with Crippen LogP contribution in [0.3, 0.4) is 0 Å². The Kier molecular flexibility index (Phi) is 4.23. The topological polar surface area (TPSA) is 145 Å². The number of esters is 1. The zero-order chi connectivity index (χ0) is 18.2. The SMILES string of the molecule is Cc1cc(O)cc(O)c1C(=O)Oc1c(O)cc(C)c(C(=O)O)c1O. The van der Waals surface area contributed by atoms with Gasteiger partial charge in [-0.15, -0.1) is 0 Å². The minimum Gasteiger partial charge on any atom is -0.508 e. The first kappa shape index (κ1) is 16.9. The zero-order valence-electron chi connectivity index (χ0n) is 12.7. The Morgan fingerprint density at radius 3 is 2.00 bits per heavy atom. The molecule has 0 aliphatic heterocycles. The standard InChI is InChI=1S/C16H14O8/c1-6-3-8(17)5-9(18)11(6)16(23)24-14-10(19)4-7(2)12(13(14)20)15(21)22/h3-5,17-20H,1-2H3,(H,21,22). The molecule has 0 amide bonds. The van der Waals surface area contributed by atoms with Gasteiger partial charge in [-0.1, -0.05) is 0 Å². The summed E-state index contributed by atoms with van der Waals surface area (Å²) in [6, 6.07) is 3.14. The average Bonchev–Trinajstić information content (AvgIpc) is 2.41. The highest BCUT2D eigenvalue weighted by Gasteiger charge is 2.26. The van der Waals surface area contributed by atoms with Crippen LogP contribution in [0.25, 0.3) is 0 Å². The summed E-state index contributed by atoms with van der Waals surface area (Å²) in [4.78, 5) is 23.4. The van der Waals surface area contributed by atoms with Gasteiger partial charge in [0.05, 0.1) is 0 Å². The molecule has 0 atom stereocenters. The van der Waals surface area contributed by atoms with Crippen LogP contribution in [0, 0.1) is 13.8 Å². The summed E-state index contributed by atoms with van der Waals surface area (Å²) in [6.07, 6.45) is 0. The summed E-state index contributed by atoms with van der Waals surface area (Å²) in [6.45, 7) is 2.78. The maximum atomic E-state index is 12.2. The first-order valence-electron chi connectivity index (χ1n) is 6.67. The van der Waals surface area contributed by atoms with Gasteiger partial charge in [-0.25, -0.2) is 9.59 Å². The predicted molar refractivity (Wildman–Crippen MR) is 80.9 cm³/mol. The third-order valence-electron chi connectivity index (χ3n) is 3.34. The molecule has 2 rings (SSSR count). The van der Waals surface area contributed by atoms with Crippen LogP contribution >= 0.6 is 0 Å². The van der Waals surface area contributed by atoms with Crippen LogP contribution in [-0.4, -0.2) is 37.5 Å². The molecule has 0 heterocycles. The van der Waals surface area contributed by atoms with Gasteiger partial charge in [-0.2, -0.15) is 0 Å². The number of phenols is 4. The second-order valence-electron chi connectivity index (χ2n) is 5.12. The number of hydrogen-bond acceptors (Lipinski definition) is 7. The van der Waals surface area contributed by atoms with E-state index in [0.29, 0.717) is 0 Å². The average molecular weight is 334 g/mol. The number of aryl methyl sites for hydroxylation is 2. The van der Waals surface area contributed by atoms with Gasteiger partial charge in [0.2, 0.25) is 5.75 Å². The number of aromatic carboxylic acids is 1. The van der Waals surface area contributed by atoms with E-state index < -0.39 is 40.5 Å². The summed E-state index contributed by atoms with van der Waals surface area (Å²) >= 11 is 0. The minimum absolute atomic E-state index is 0.0703. The van der Waals surface area contributed by atoms with Crippen molar-refractivity contribution in [1.82, 2.24) is 0 Å². The highest BCUT2D eigenvalue weighted by Crippen LogP contribution is 2.41. The third kappa shape index (κ3) is 2.89. The van der Waals surface area contributed by atoms with Crippen molar-refractivity contribution in [2.24, 2.45) is 0 Å². The normalized spacial score (nSPS) is 10.4. The second-order valence-corrected chi connectivity index (χ2v) is 5.12. The van der Waals surface area contributed by atoms with E-state index in [1.54, 1.807) is 0 Å². The molecule has 0 spiro atoms. The highest BCUT2D eigenvalue weighted by atomic mass is 16.5. The van der Waals surface area contributed by atoms with Gasteiger partial charge in [0.15, 0.2) is 11.5 Å². The Morgan fingerprint density at radius 2 is 1.46 bits per heavy atom. The van der Waals surface area contributed by atoms with Gasteiger partial charge >= 0.3 is 11.9 Å². The van der Waals surface area contributed by atoms with Gasteiger partial charge in [0.1, 0.15) is 22.6 Å². The molecule has 0 unspecified atom stereocenters.